The van der Waals surface area contributed by atoms with Crippen molar-refractivity contribution in [1.29, 1.82) is 0 Å². The second-order valence-corrected chi connectivity index (χ2v) is 25.8. The highest BCUT2D eigenvalue weighted by molar-refractivity contribution is 6.22. The molecule has 3 fully saturated rings. The van der Waals surface area contributed by atoms with Gasteiger partial charge in [-0.2, -0.15) is 0 Å². The van der Waals surface area contributed by atoms with Crippen LogP contribution in [-0.4, -0.2) is 28.4 Å². The van der Waals surface area contributed by atoms with Crippen LogP contribution in [0.2, 0.25) is 0 Å². The fraction of sp³-hybridized carbons (Fsp3) is 0.515. The first-order chi connectivity index (χ1) is 35.6. The lowest BCUT2D eigenvalue weighted by atomic mass is 9.65. The number of benzene rings is 4. The molecule has 0 bridgehead atoms. The number of Topliss-reactive ketones (excluding diaryl/α,β-unsaturated/α-hetero) is 1. The molecule has 0 aromatic heterocycles. The maximum absolute atomic E-state index is 15.3. The van der Waals surface area contributed by atoms with Crippen molar-refractivity contribution in [2.45, 2.75) is 224 Å². The van der Waals surface area contributed by atoms with Gasteiger partial charge in [-0.05, 0) is 238 Å². The minimum Gasteiger partial charge on any atom is -0.506 e. The first-order valence-corrected chi connectivity index (χ1v) is 29.4. The fourth-order valence-electron chi connectivity index (χ4n) is 16.5. The lowest BCUT2D eigenvalue weighted by Crippen LogP contribution is -2.41. The molecule has 0 radical (unpaired) electrons. The number of nitrogens with zero attached hydrogens (tertiary/aromatic N) is 2. The van der Waals surface area contributed by atoms with Crippen molar-refractivity contribution in [3.05, 3.63) is 127 Å². The van der Waals surface area contributed by atoms with Crippen molar-refractivity contribution in [2.75, 3.05) is 10.6 Å². The van der Waals surface area contributed by atoms with Crippen LogP contribution in [-0.2, 0) is 26.5 Å². The van der Waals surface area contributed by atoms with Gasteiger partial charge in [0, 0.05) is 50.2 Å². The standard InChI is InChI=1S/C68H80N4O2/c1-39-31-43(35-49-57(39)69-53-25-17-9-11-19-27-65(49,53)5)45-33-41(3)59-51(37-45)67(7)29-21-13-15-23-47(63(67)71-59)55-61(73)56(62(55)74)48-24-16-14-22-30-68(8)52-38-46(34-42(4)60(52)72-64(48)68)44-32-40(2)58-50(36-44)66(6)28-20-12-10-18-26-54(66)70-58/h31-38,63,71-73H,9-30H2,1-8H3/b55-47-,64-48-. The van der Waals surface area contributed by atoms with E-state index in [0.29, 0.717) is 11.1 Å². The molecule has 5 atom stereocenters. The summed E-state index contributed by atoms with van der Waals surface area (Å²) in [6.45, 7) is 18.8. The number of fused-ring (bicyclic) bond motifs is 12. The molecule has 4 aromatic carbocycles. The third kappa shape index (κ3) is 7.10. The quantitative estimate of drug-likeness (QED) is 0.179. The van der Waals surface area contributed by atoms with E-state index in [9.17, 15) is 5.11 Å². The summed E-state index contributed by atoms with van der Waals surface area (Å²) < 4.78 is 0. The van der Waals surface area contributed by atoms with E-state index >= 15 is 4.79 Å². The Bertz CT molecular complexity index is 3290. The lowest BCUT2D eigenvalue weighted by Gasteiger charge is -2.39. The Kier molecular flexibility index (Phi) is 11.4. The van der Waals surface area contributed by atoms with Crippen molar-refractivity contribution < 1.29 is 9.90 Å². The van der Waals surface area contributed by atoms with Gasteiger partial charge in [-0.25, -0.2) is 0 Å². The van der Waals surface area contributed by atoms with Gasteiger partial charge in [0.05, 0.1) is 28.6 Å². The number of rotatable bonds is 3. The zero-order valence-corrected chi connectivity index (χ0v) is 46.0. The van der Waals surface area contributed by atoms with Gasteiger partial charge >= 0.3 is 0 Å². The highest BCUT2D eigenvalue weighted by Gasteiger charge is 2.52. The molecule has 0 amide bonds. The molecule has 6 heteroatoms. The molecule has 3 saturated carbocycles. The molecule has 4 aliphatic heterocycles. The molecule has 3 N–H and O–H groups in total. The Balaban J connectivity index is 0.860. The number of anilines is 2. The van der Waals surface area contributed by atoms with Gasteiger partial charge < -0.3 is 15.7 Å². The third-order valence-electron chi connectivity index (χ3n) is 21.0. The van der Waals surface area contributed by atoms with E-state index in [1.54, 1.807) is 0 Å². The highest BCUT2D eigenvalue weighted by Crippen LogP contribution is 2.58. The van der Waals surface area contributed by atoms with Gasteiger partial charge in [0.2, 0.25) is 5.78 Å². The number of carbonyl (C=O) groups is 1. The zero-order chi connectivity index (χ0) is 51.1. The first kappa shape index (κ1) is 48.2. The summed E-state index contributed by atoms with van der Waals surface area (Å²) in [5, 5.41) is 20.8. The maximum atomic E-state index is 15.3. The number of hydrogen-bond acceptors (Lipinski definition) is 6. The molecular formula is C68H80N4O2. The first-order valence-electron chi connectivity index (χ1n) is 29.4. The molecular weight excluding hydrogens is 905 g/mol. The molecule has 0 spiro atoms. The van der Waals surface area contributed by atoms with Gasteiger partial charge in [0.25, 0.3) is 0 Å². The van der Waals surface area contributed by atoms with E-state index in [4.69, 9.17) is 9.98 Å². The van der Waals surface area contributed by atoms with Crippen LogP contribution >= 0.6 is 0 Å². The maximum Gasteiger partial charge on any atom is 0.200 e. The molecule has 9 aliphatic rings. The number of allylic oxidation sites excluding steroid dienone is 4. The number of hydrogen-bond donors (Lipinski definition) is 3. The number of aliphatic imine (C=N–C) groups is 2. The lowest BCUT2D eigenvalue weighted by molar-refractivity contribution is -0.113. The van der Waals surface area contributed by atoms with Crippen LogP contribution in [0.5, 0.6) is 0 Å². The average molecular weight is 985 g/mol. The summed E-state index contributed by atoms with van der Waals surface area (Å²) in [6, 6.07) is 19.3. The van der Waals surface area contributed by atoms with Crippen molar-refractivity contribution in [3.63, 3.8) is 0 Å². The van der Waals surface area contributed by atoms with Gasteiger partial charge in [-0.3, -0.25) is 14.8 Å². The summed E-state index contributed by atoms with van der Waals surface area (Å²) in [6.07, 6.45) is 24.9. The second kappa shape index (κ2) is 17.5. The SMILES string of the molecule is Cc1cc(-c2cc(C)c3c(c2)C2(C)CCCCC/C(C4=C(O)/C(=C5\CCCCCC6(C)c7cc(-c8cc(C)c9c(c8)C8(C)CCCCCCC8=N9)cc(C)c7NC56)C4=O)=C\2N3)cc2c1N=C1CCCCCCC12C. The summed E-state index contributed by atoms with van der Waals surface area (Å²) in [5.74, 6) is 0.256. The Morgan fingerprint density at radius 1 is 0.486 bits per heavy atom. The number of aliphatic hydroxyl groups excluding tert-OH is 1. The van der Waals surface area contributed by atoms with Crippen molar-refractivity contribution in [1.82, 2.24) is 0 Å². The van der Waals surface area contributed by atoms with Crippen LogP contribution < -0.4 is 10.6 Å². The van der Waals surface area contributed by atoms with E-state index in [1.165, 1.54) is 165 Å². The molecule has 0 saturated heterocycles. The Labute approximate surface area is 441 Å². The Morgan fingerprint density at radius 3 is 1.53 bits per heavy atom. The van der Waals surface area contributed by atoms with Gasteiger partial charge in [-0.15, -0.1) is 0 Å². The number of aliphatic hydroxyl groups is 1. The minimum absolute atomic E-state index is 0.00374. The number of nitrogens with one attached hydrogen (secondary N) is 2. The predicted octanol–water partition coefficient (Wildman–Crippen LogP) is 18.0. The topological polar surface area (TPSA) is 86.1 Å². The van der Waals surface area contributed by atoms with Crippen LogP contribution in [0.15, 0.2) is 92.3 Å². The Hall–Kier alpha value is -5.49. The molecule has 6 nitrogen and oxygen atoms in total. The van der Waals surface area contributed by atoms with Gasteiger partial charge in [0.1, 0.15) is 5.76 Å². The number of ketones is 1. The molecule has 13 rings (SSSR count). The van der Waals surface area contributed by atoms with Crippen LogP contribution in [0.4, 0.5) is 22.7 Å². The highest BCUT2D eigenvalue weighted by atomic mass is 16.3. The van der Waals surface area contributed by atoms with Crippen LogP contribution in [0.3, 0.4) is 0 Å². The summed E-state index contributed by atoms with van der Waals surface area (Å²) >= 11 is 0. The van der Waals surface area contributed by atoms with Crippen LogP contribution in [0.25, 0.3) is 22.3 Å². The van der Waals surface area contributed by atoms with E-state index in [2.05, 4.69) is 115 Å². The van der Waals surface area contributed by atoms with Crippen molar-refractivity contribution in [3.8, 4) is 22.3 Å². The van der Waals surface area contributed by atoms with Crippen molar-refractivity contribution in [2.24, 2.45) is 9.98 Å². The molecule has 4 heterocycles. The zero-order valence-electron chi connectivity index (χ0n) is 46.0. The molecule has 384 valence electrons. The minimum atomic E-state index is -0.321. The third-order valence-corrected chi connectivity index (χ3v) is 21.0. The number of aryl methyl sites for hydroxylation is 4. The van der Waals surface area contributed by atoms with E-state index in [0.717, 1.165) is 93.9 Å². The van der Waals surface area contributed by atoms with Crippen LogP contribution in [0.1, 0.15) is 213 Å². The molecule has 74 heavy (non-hydrogen) atoms. The number of carbonyl (C=O) groups excluding carboxylic acids is 1. The summed E-state index contributed by atoms with van der Waals surface area (Å²) in [5.41, 5.74) is 27.0. The van der Waals surface area contributed by atoms with E-state index in [-0.39, 0.29) is 39.2 Å². The van der Waals surface area contributed by atoms with Gasteiger partial charge in [0.15, 0.2) is 0 Å². The Morgan fingerprint density at radius 2 is 0.946 bits per heavy atom. The molecule has 5 aliphatic carbocycles. The van der Waals surface area contributed by atoms with E-state index in [1.807, 2.05) is 0 Å². The summed E-state index contributed by atoms with van der Waals surface area (Å²) in [7, 11) is 0. The monoisotopic (exact) mass is 985 g/mol. The second-order valence-electron chi connectivity index (χ2n) is 25.8. The largest absolute Gasteiger partial charge is 0.506 e. The average Bonchev–Trinajstić information content (AvgIpc) is 4.03. The molecule has 4 aromatic rings. The predicted molar refractivity (Wildman–Crippen MR) is 308 cm³/mol. The fourth-order valence-corrected chi connectivity index (χ4v) is 16.5. The molecule has 5 unspecified atom stereocenters. The van der Waals surface area contributed by atoms with Crippen LogP contribution in [0, 0.1) is 27.7 Å². The van der Waals surface area contributed by atoms with Gasteiger partial charge in [-0.1, -0.05) is 85.0 Å². The normalized spacial score (nSPS) is 31.3. The van der Waals surface area contributed by atoms with Crippen molar-refractivity contribution >= 4 is 40.0 Å². The smallest absolute Gasteiger partial charge is 0.200 e. The van der Waals surface area contributed by atoms with E-state index < -0.39 is 0 Å². The summed E-state index contributed by atoms with van der Waals surface area (Å²) in [4.78, 5) is 26.0.